The summed E-state index contributed by atoms with van der Waals surface area (Å²) in [6.45, 7) is 5.58. The molecule has 3 heteroatoms. The first kappa shape index (κ1) is 7.69. The smallest absolute Gasteiger partial charge is 0.106 e. The van der Waals surface area contributed by atoms with Gasteiger partial charge >= 0.3 is 0 Å². The van der Waals surface area contributed by atoms with E-state index in [9.17, 15) is 0 Å². The maximum Gasteiger partial charge on any atom is 0.106 e. The van der Waals surface area contributed by atoms with Gasteiger partial charge in [-0.3, -0.25) is 0 Å². The van der Waals surface area contributed by atoms with E-state index in [1.165, 1.54) is 0 Å². The summed E-state index contributed by atoms with van der Waals surface area (Å²) in [7, 11) is 0. The van der Waals surface area contributed by atoms with E-state index in [1.807, 2.05) is 11.6 Å². The normalized spacial score (nSPS) is 10.1. The van der Waals surface area contributed by atoms with Crippen LogP contribution >= 0.6 is 11.3 Å². The van der Waals surface area contributed by atoms with Crippen molar-refractivity contribution in [3.05, 3.63) is 23.5 Å². The number of hydrogen-bond donors (Lipinski definition) is 1. The number of thiazole rings is 1. The highest BCUT2D eigenvalue weighted by molar-refractivity contribution is 7.09. The molecule has 1 rings (SSSR count). The third-order valence-electron chi connectivity index (χ3n) is 1.11. The maximum atomic E-state index is 4.12. The third kappa shape index (κ3) is 2.45. The fourth-order valence-corrected chi connectivity index (χ4v) is 1.25. The summed E-state index contributed by atoms with van der Waals surface area (Å²) in [4.78, 5) is 4.12. The second-order valence-corrected chi connectivity index (χ2v) is 2.94. The van der Waals surface area contributed by atoms with Crippen LogP contribution in [0.5, 0.6) is 0 Å². The van der Waals surface area contributed by atoms with Crippen molar-refractivity contribution >= 4 is 11.3 Å². The van der Waals surface area contributed by atoms with Gasteiger partial charge in [-0.2, -0.15) is 0 Å². The van der Waals surface area contributed by atoms with Gasteiger partial charge in [0.2, 0.25) is 0 Å². The Balaban J connectivity index is 2.15. The lowest BCUT2D eigenvalue weighted by Gasteiger charge is -1.96. The van der Waals surface area contributed by atoms with E-state index in [2.05, 4.69) is 17.2 Å². The second kappa shape index (κ2) is 4.41. The van der Waals surface area contributed by atoms with E-state index >= 15 is 0 Å². The molecule has 1 aromatic heterocycles. The summed E-state index contributed by atoms with van der Waals surface area (Å²) in [5.41, 5.74) is 0. The highest BCUT2D eigenvalue weighted by atomic mass is 32.1. The Morgan fingerprint density at radius 2 is 2.60 bits per heavy atom. The van der Waals surface area contributed by atoms with Crippen LogP contribution in [0.3, 0.4) is 0 Å². The van der Waals surface area contributed by atoms with Crippen molar-refractivity contribution in [2.45, 2.75) is 13.0 Å². The zero-order valence-electron chi connectivity index (χ0n) is 5.84. The van der Waals surface area contributed by atoms with Crippen molar-refractivity contribution in [2.24, 2.45) is 0 Å². The molecule has 55 valence electrons. The largest absolute Gasteiger partial charge is 0.310 e. The molecule has 0 saturated carbocycles. The first-order valence-electron chi connectivity index (χ1n) is 3.32. The lowest BCUT2D eigenvalue weighted by atomic mass is 10.5. The van der Waals surface area contributed by atoms with Crippen LogP contribution in [-0.2, 0) is 6.54 Å². The van der Waals surface area contributed by atoms with Crippen LogP contribution in [0.2, 0.25) is 0 Å². The molecule has 0 unspecified atom stereocenters. The monoisotopic (exact) mass is 155 g/mol. The lowest BCUT2D eigenvalue weighted by Crippen LogP contribution is -2.13. The zero-order valence-corrected chi connectivity index (χ0v) is 6.66. The predicted octanol–water partition coefficient (Wildman–Crippen LogP) is 1.46. The van der Waals surface area contributed by atoms with Gasteiger partial charge in [0.05, 0.1) is 0 Å². The minimum atomic E-state index is 0.882. The van der Waals surface area contributed by atoms with Crippen molar-refractivity contribution in [3.63, 3.8) is 0 Å². The molecule has 0 atom stereocenters. The summed E-state index contributed by atoms with van der Waals surface area (Å²) >= 11 is 1.68. The maximum absolute atomic E-state index is 4.12. The van der Waals surface area contributed by atoms with Crippen LogP contribution in [0.1, 0.15) is 11.4 Å². The Morgan fingerprint density at radius 1 is 1.70 bits per heavy atom. The standard InChI is InChI=1S/C7H11N2S/c1-2-3-8-6-7-9-4-5-10-7/h4-5,8H,1-3,6H2. The van der Waals surface area contributed by atoms with Gasteiger partial charge < -0.3 is 5.32 Å². The van der Waals surface area contributed by atoms with Gasteiger partial charge in [0, 0.05) is 18.1 Å². The average Bonchev–Trinajstić information content (AvgIpc) is 2.41. The molecule has 2 nitrogen and oxygen atoms in total. The lowest BCUT2D eigenvalue weighted by molar-refractivity contribution is 0.691. The Morgan fingerprint density at radius 3 is 3.20 bits per heavy atom. The van der Waals surface area contributed by atoms with E-state index in [4.69, 9.17) is 0 Å². The highest BCUT2D eigenvalue weighted by Crippen LogP contribution is 2.01. The van der Waals surface area contributed by atoms with E-state index in [0.717, 1.165) is 24.5 Å². The molecule has 0 aliphatic carbocycles. The fourth-order valence-electron chi connectivity index (χ4n) is 0.661. The SMILES string of the molecule is [CH2]CCNCc1nccs1. The third-order valence-corrected chi connectivity index (χ3v) is 1.89. The van der Waals surface area contributed by atoms with Crippen molar-refractivity contribution in [1.29, 1.82) is 0 Å². The number of aromatic nitrogens is 1. The van der Waals surface area contributed by atoms with Gasteiger partial charge in [-0.25, -0.2) is 4.98 Å². The molecular formula is C7H11N2S. The first-order valence-corrected chi connectivity index (χ1v) is 4.20. The van der Waals surface area contributed by atoms with Crippen molar-refractivity contribution < 1.29 is 0 Å². The number of nitrogens with one attached hydrogen (secondary N) is 1. The Kier molecular flexibility index (Phi) is 3.40. The minimum absolute atomic E-state index is 0.882. The Bertz CT molecular complexity index is 160. The molecule has 0 aliphatic heterocycles. The highest BCUT2D eigenvalue weighted by Gasteiger charge is 1.91. The van der Waals surface area contributed by atoms with Gasteiger partial charge in [-0.15, -0.1) is 11.3 Å². The summed E-state index contributed by atoms with van der Waals surface area (Å²) in [6, 6.07) is 0. The topological polar surface area (TPSA) is 24.9 Å². The minimum Gasteiger partial charge on any atom is -0.310 e. The van der Waals surface area contributed by atoms with Crippen molar-refractivity contribution in [2.75, 3.05) is 6.54 Å². The van der Waals surface area contributed by atoms with Crippen LogP contribution in [0, 0.1) is 6.92 Å². The van der Waals surface area contributed by atoms with E-state index in [1.54, 1.807) is 11.3 Å². The molecule has 0 saturated heterocycles. The van der Waals surface area contributed by atoms with Crippen molar-refractivity contribution in [3.8, 4) is 0 Å². The fraction of sp³-hybridized carbons (Fsp3) is 0.429. The summed E-state index contributed by atoms with van der Waals surface area (Å²) in [5, 5.41) is 6.36. The average molecular weight is 155 g/mol. The van der Waals surface area contributed by atoms with E-state index < -0.39 is 0 Å². The van der Waals surface area contributed by atoms with Gasteiger partial charge in [0.15, 0.2) is 0 Å². The molecule has 1 N–H and O–H groups in total. The molecule has 0 spiro atoms. The number of rotatable bonds is 4. The molecule has 1 radical (unpaired) electrons. The van der Waals surface area contributed by atoms with Crippen LogP contribution in [0.4, 0.5) is 0 Å². The van der Waals surface area contributed by atoms with Crippen LogP contribution in [0.15, 0.2) is 11.6 Å². The van der Waals surface area contributed by atoms with Crippen molar-refractivity contribution in [1.82, 2.24) is 10.3 Å². The second-order valence-electron chi connectivity index (χ2n) is 1.96. The first-order chi connectivity index (χ1) is 4.93. The number of nitrogens with zero attached hydrogens (tertiary/aromatic N) is 1. The van der Waals surface area contributed by atoms with Crippen LogP contribution in [0.25, 0.3) is 0 Å². The summed E-state index contributed by atoms with van der Waals surface area (Å²) in [6.07, 6.45) is 2.76. The molecule has 10 heavy (non-hydrogen) atoms. The van der Waals surface area contributed by atoms with Crippen LogP contribution < -0.4 is 5.32 Å². The van der Waals surface area contributed by atoms with Gasteiger partial charge in [0.1, 0.15) is 5.01 Å². The quantitative estimate of drug-likeness (QED) is 0.666. The molecule has 1 aromatic rings. The molecule has 0 aliphatic rings. The summed E-state index contributed by atoms with van der Waals surface area (Å²) in [5.74, 6) is 0. The predicted molar refractivity (Wildman–Crippen MR) is 43.8 cm³/mol. The number of hydrogen-bond acceptors (Lipinski definition) is 3. The molecule has 0 fully saturated rings. The molecule has 0 aromatic carbocycles. The molecule has 1 heterocycles. The van der Waals surface area contributed by atoms with E-state index in [0.29, 0.717) is 0 Å². The summed E-state index contributed by atoms with van der Waals surface area (Å²) < 4.78 is 0. The Hall–Kier alpha value is -0.410. The molecule has 0 bridgehead atoms. The van der Waals surface area contributed by atoms with Gasteiger partial charge in [-0.1, -0.05) is 6.92 Å². The van der Waals surface area contributed by atoms with Crippen LogP contribution in [-0.4, -0.2) is 11.5 Å². The van der Waals surface area contributed by atoms with Gasteiger partial charge in [-0.05, 0) is 13.0 Å². The molecular weight excluding hydrogens is 144 g/mol. The molecule has 0 amide bonds. The Labute approximate surface area is 65.3 Å². The van der Waals surface area contributed by atoms with E-state index in [-0.39, 0.29) is 0 Å². The van der Waals surface area contributed by atoms with Gasteiger partial charge in [0.25, 0.3) is 0 Å². The zero-order chi connectivity index (χ0) is 7.23.